The van der Waals surface area contributed by atoms with Gasteiger partial charge in [-0.25, -0.2) is 0 Å². The first kappa shape index (κ1) is 36.5. The van der Waals surface area contributed by atoms with Crippen LogP contribution in [-0.4, -0.2) is 4.40 Å². The lowest BCUT2D eigenvalue weighted by Crippen LogP contribution is -2.10. The Morgan fingerprint density at radius 1 is 0.429 bits per heavy atom. The molecule has 296 valence electrons. The minimum atomic E-state index is 0.813. The molecule has 0 atom stereocenters. The maximum absolute atomic E-state index is 6.32. The van der Waals surface area contributed by atoms with E-state index in [1.165, 1.54) is 71.5 Å². The lowest BCUT2D eigenvalue weighted by molar-refractivity contribution is 0.600. The Balaban J connectivity index is 0.934. The summed E-state index contributed by atoms with van der Waals surface area (Å²) in [6.45, 7) is 4.03. The lowest BCUT2D eigenvalue weighted by atomic mass is 9.98. The highest BCUT2D eigenvalue weighted by Crippen LogP contribution is 2.43. The Morgan fingerprint density at radius 2 is 0.889 bits per heavy atom. The van der Waals surface area contributed by atoms with Gasteiger partial charge < -0.3 is 13.7 Å². The molecule has 3 heterocycles. The van der Waals surface area contributed by atoms with E-state index in [1.54, 1.807) is 0 Å². The van der Waals surface area contributed by atoms with Gasteiger partial charge in [-0.3, -0.25) is 0 Å². The van der Waals surface area contributed by atoms with Crippen molar-refractivity contribution in [1.82, 2.24) is 4.40 Å². The van der Waals surface area contributed by atoms with Crippen molar-refractivity contribution in [3.05, 3.63) is 248 Å². The average Bonchev–Trinajstić information content (AvgIpc) is 4.04. The molecule has 0 aliphatic rings. The summed E-state index contributed by atoms with van der Waals surface area (Å²) in [7, 11) is 0. The van der Waals surface area contributed by atoms with Crippen molar-refractivity contribution in [3.8, 4) is 33.4 Å². The van der Waals surface area contributed by atoms with E-state index in [0.29, 0.717) is 0 Å². The molecule has 0 aliphatic carbocycles. The summed E-state index contributed by atoms with van der Waals surface area (Å²) in [5.74, 6) is 0.813. The fraction of sp³-hybridized carbons (Fsp3) is 0. The summed E-state index contributed by atoms with van der Waals surface area (Å²) in [5, 5.41) is 6.19. The highest BCUT2D eigenvalue weighted by molar-refractivity contribution is 6.24. The number of aromatic nitrogens is 1. The van der Waals surface area contributed by atoms with E-state index in [4.69, 9.17) is 4.42 Å². The number of para-hydroxylation sites is 3. The second kappa shape index (κ2) is 14.9. The highest BCUT2D eigenvalue weighted by atomic mass is 16.3. The van der Waals surface area contributed by atoms with Crippen LogP contribution in [0.5, 0.6) is 0 Å². The van der Waals surface area contributed by atoms with E-state index in [1.807, 2.05) is 30.4 Å². The van der Waals surface area contributed by atoms with Gasteiger partial charge in [0.1, 0.15) is 11.3 Å². The van der Waals surface area contributed by atoms with E-state index in [0.717, 1.165) is 44.9 Å². The molecular weight excluding hydrogens is 765 g/mol. The first-order chi connectivity index (χ1) is 31.2. The molecule has 9 aromatic carbocycles. The van der Waals surface area contributed by atoms with Gasteiger partial charge in [0.2, 0.25) is 0 Å². The van der Waals surface area contributed by atoms with Crippen LogP contribution in [0.25, 0.3) is 88.0 Å². The molecule has 0 unspecified atom stereocenters. The second-order valence-electron chi connectivity index (χ2n) is 16.2. The topological polar surface area (TPSA) is 20.8 Å². The number of fused-ring (bicyclic) bond motifs is 7. The number of hydrogen-bond donors (Lipinski definition) is 0. The number of allylic oxidation sites excluding steroid dienone is 2. The molecule has 0 N–H and O–H groups in total. The van der Waals surface area contributed by atoms with Gasteiger partial charge in [-0.2, -0.15) is 0 Å². The third-order valence-corrected chi connectivity index (χ3v) is 12.5. The van der Waals surface area contributed by atoms with E-state index in [9.17, 15) is 0 Å². The molecule has 12 aromatic rings. The van der Waals surface area contributed by atoms with Crippen LogP contribution in [0.4, 0.5) is 17.1 Å². The van der Waals surface area contributed by atoms with Crippen LogP contribution in [-0.2, 0) is 0 Å². The van der Waals surface area contributed by atoms with Gasteiger partial charge >= 0.3 is 0 Å². The van der Waals surface area contributed by atoms with Crippen LogP contribution in [0.15, 0.2) is 242 Å². The zero-order valence-electron chi connectivity index (χ0n) is 34.4. The normalized spacial score (nSPS) is 12.0. The van der Waals surface area contributed by atoms with Crippen LogP contribution in [0.1, 0.15) is 11.3 Å². The van der Waals surface area contributed by atoms with E-state index >= 15 is 0 Å². The van der Waals surface area contributed by atoms with Crippen molar-refractivity contribution in [2.45, 2.75) is 0 Å². The van der Waals surface area contributed by atoms with Crippen LogP contribution in [0.3, 0.4) is 0 Å². The summed E-state index contributed by atoms with van der Waals surface area (Å²) in [6, 6.07) is 78.5. The molecule has 12 rings (SSSR count). The van der Waals surface area contributed by atoms with Gasteiger partial charge in [0.05, 0.1) is 16.6 Å². The number of furan rings is 1. The minimum Gasteiger partial charge on any atom is -0.456 e. The molecule has 3 nitrogen and oxygen atoms in total. The average molecular weight is 805 g/mol. The van der Waals surface area contributed by atoms with Gasteiger partial charge in [0.25, 0.3) is 0 Å². The summed E-state index contributed by atoms with van der Waals surface area (Å²) < 4.78 is 8.76. The van der Waals surface area contributed by atoms with E-state index < -0.39 is 0 Å². The maximum atomic E-state index is 6.32. The van der Waals surface area contributed by atoms with Crippen molar-refractivity contribution < 1.29 is 4.42 Å². The van der Waals surface area contributed by atoms with Crippen LogP contribution in [0, 0.1) is 0 Å². The number of nitrogens with zero attached hydrogens (tertiary/aromatic N) is 2. The molecule has 3 aromatic heterocycles. The molecular formula is C60H40N2O. The van der Waals surface area contributed by atoms with Crippen molar-refractivity contribution in [2.75, 3.05) is 4.90 Å². The van der Waals surface area contributed by atoms with Gasteiger partial charge in [-0.1, -0.05) is 164 Å². The van der Waals surface area contributed by atoms with Crippen molar-refractivity contribution >= 4 is 71.7 Å². The zero-order chi connectivity index (χ0) is 41.9. The van der Waals surface area contributed by atoms with E-state index in [-0.39, 0.29) is 0 Å². The van der Waals surface area contributed by atoms with Gasteiger partial charge in [0.15, 0.2) is 0 Å². The van der Waals surface area contributed by atoms with Crippen molar-refractivity contribution in [2.24, 2.45) is 0 Å². The summed E-state index contributed by atoms with van der Waals surface area (Å²) in [4.78, 5) is 2.33. The van der Waals surface area contributed by atoms with E-state index in [2.05, 4.69) is 216 Å². The molecule has 63 heavy (non-hydrogen) atoms. The van der Waals surface area contributed by atoms with Gasteiger partial charge in [-0.05, 0) is 112 Å². The Hall–Kier alpha value is -8.40. The van der Waals surface area contributed by atoms with Crippen LogP contribution >= 0.6 is 0 Å². The summed E-state index contributed by atoms with van der Waals surface area (Å²) >= 11 is 0. The molecule has 0 amide bonds. The highest BCUT2D eigenvalue weighted by Gasteiger charge is 2.20. The molecule has 0 aliphatic heterocycles. The molecule has 0 bridgehead atoms. The monoisotopic (exact) mass is 804 g/mol. The first-order valence-corrected chi connectivity index (χ1v) is 21.4. The molecule has 0 spiro atoms. The zero-order valence-corrected chi connectivity index (χ0v) is 34.4. The first-order valence-electron chi connectivity index (χ1n) is 21.4. The third kappa shape index (κ3) is 6.21. The predicted molar refractivity (Wildman–Crippen MR) is 266 cm³/mol. The fourth-order valence-corrected chi connectivity index (χ4v) is 9.50. The summed E-state index contributed by atoms with van der Waals surface area (Å²) in [6.07, 6.45) is 3.84. The number of hydrogen-bond acceptors (Lipinski definition) is 2. The Bertz CT molecular complexity index is 3530. The smallest absolute Gasteiger partial charge is 0.136 e. The van der Waals surface area contributed by atoms with Gasteiger partial charge in [-0.15, -0.1) is 0 Å². The standard InChI is InChI=1S/C60H40N2O/c1-2-12-51(59-39-46-15-6-11-20-58(46)63-59)45-29-35-50(36-30-45)61(48-31-25-43(26-32-48)42-23-21-41(22-24-42)40-13-4-3-5-14-40)49-33-27-44(28-34-49)47-37-54-52-16-7-9-18-56(52)62-57-19-10-8-17-53(57)55(38-47)60(54)62/h2-39H,1H2. The van der Waals surface area contributed by atoms with Crippen LogP contribution in [0.2, 0.25) is 0 Å². The second-order valence-corrected chi connectivity index (χ2v) is 16.2. The molecule has 3 heteroatoms. The molecule has 0 fully saturated rings. The molecule has 0 saturated heterocycles. The maximum Gasteiger partial charge on any atom is 0.136 e. The Morgan fingerprint density at radius 3 is 1.44 bits per heavy atom. The Kier molecular flexibility index (Phi) is 8.65. The predicted octanol–water partition coefficient (Wildman–Crippen LogP) is 16.7. The third-order valence-electron chi connectivity index (χ3n) is 12.5. The minimum absolute atomic E-state index is 0.813. The molecule has 0 radical (unpaired) electrons. The summed E-state index contributed by atoms with van der Waals surface area (Å²) in [5.41, 5.74) is 17.0. The Labute approximate surface area is 365 Å². The molecule has 0 saturated carbocycles. The number of benzene rings is 9. The quantitative estimate of drug-likeness (QED) is 0.136. The number of anilines is 3. The van der Waals surface area contributed by atoms with Crippen molar-refractivity contribution in [1.29, 1.82) is 0 Å². The largest absolute Gasteiger partial charge is 0.456 e. The number of rotatable bonds is 9. The van der Waals surface area contributed by atoms with Crippen molar-refractivity contribution in [3.63, 3.8) is 0 Å². The lowest BCUT2D eigenvalue weighted by Gasteiger charge is -2.26. The SMILES string of the molecule is C=CC=C(c1ccc(N(c2ccc(-c3ccc(-c4ccccc4)cc3)cc2)c2ccc(-c3cc4c5ccccc5n5c6ccccc6c(c3)c45)cc2)cc1)c1cc2ccccc2o1. The van der Waals surface area contributed by atoms with Gasteiger partial charge in [0, 0.05) is 49.6 Å². The van der Waals surface area contributed by atoms with Crippen LogP contribution < -0.4 is 4.90 Å². The fourth-order valence-electron chi connectivity index (χ4n) is 9.50.